The fraction of sp³-hybridized carbons (Fsp3) is 0.611. The van der Waals surface area contributed by atoms with Crippen molar-refractivity contribution in [2.75, 3.05) is 6.54 Å². The molecular weight excluding hydrogens is 356 g/mol. The highest BCUT2D eigenvalue weighted by atomic mass is 79.9. The number of carbonyl (C=O) groups is 1. The largest absolute Gasteiger partial charge is 0.444 e. The Morgan fingerprint density at radius 1 is 1.35 bits per heavy atom. The lowest BCUT2D eigenvalue weighted by Crippen LogP contribution is -2.39. The van der Waals surface area contributed by atoms with Gasteiger partial charge in [0.1, 0.15) is 5.60 Å². The predicted octanol–water partition coefficient (Wildman–Crippen LogP) is 4.79. The number of amides is 1. The Balaban J connectivity index is 2.38. The van der Waals surface area contributed by atoms with Crippen LogP contribution in [0, 0.1) is 0 Å². The van der Waals surface area contributed by atoms with Crippen molar-refractivity contribution in [3.63, 3.8) is 0 Å². The smallest absolute Gasteiger partial charge is 0.407 e. The van der Waals surface area contributed by atoms with Gasteiger partial charge < -0.3 is 15.4 Å². The van der Waals surface area contributed by atoms with Crippen molar-refractivity contribution in [3.8, 4) is 0 Å². The van der Waals surface area contributed by atoms with Gasteiger partial charge in [-0.3, -0.25) is 0 Å². The summed E-state index contributed by atoms with van der Waals surface area (Å²) in [6, 6.07) is 8.75. The molecule has 4 nitrogen and oxygen atoms in total. The molecule has 0 bridgehead atoms. The lowest BCUT2D eigenvalue weighted by Gasteiger charge is -2.23. The SMILES string of the molecule is CCC(NCCC(C)NC(=O)OC(C)(C)C)c1cccc(Br)c1. The van der Waals surface area contributed by atoms with Gasteiger partial charge in [-0.2, -0.15) is 0 Å². The number of hydrogen-bond acceptors (Lipinski definition) is 3. The van der Waals surface area contributed by atoms with Crippen molar-refractivity contribution in [2.24, 2.45) is 0 Å². The Labute approximate surface area is 148 Å². The maximum Gasteiger partial charge on any atom is 0.407 e. The molecule has 1 amide bonds. The second kappa shape index (κ2) is 9.28. The summed E-state index contributed by atoms with van der Waals surface area (Å²) in [6.45, 7) is 10.6. The van der Waals surface area contributed by atoms with Gasteiger partial charge in [0.25, 0.3) is 0 Å². The summed E-state index contributed by atoms with van der Waals surface area (Å²) in [5.74, 6) is 0. The number of benzene rings is 1. The number of alkyl carbamates (subject to hydrolysis) is 1. The highest BCUT2D eigenvalue weighted by Crippen LogP contribution is 2.20. The third-order valence-corrected chi connectivity index (χ3v) is 3.88. The first-order valence-electron chi connectivity index (χ1n) is 8.19. The second-order valence-corrected chi connectivity index (χ2v) is 7.72. The Hall–Kier alpha value is -1.07. The molecule has 0 aromatic heterocycles. The van der Waals surface area contributed by atoms with E-state index in [0.29, 0.717) is 6.04 Å². The standard InChI is InChI=1S/C18H29BrN2O2/c1-6-16(14-8-7-9-15(19)12-14)20-11-10-13(2)21-17(22)23-18(3,4)5/h7-9,12-13,16,20H,6,10-11H2,1-5H3,(H,21,22). The topological polar surface area (TPSA) is 50.4 Å². The molecular formula is C18H29BrN2O2. The molecule has 1 rings (SSSR count). The molecule has 0 aliphatic heterocycles. The van der Waals surface area contributed by atoms with E-state index in [2.05, 4.69) is 51.7 Å². The zero-order chi connectivity index (χ0) is 17.5. The van der Waals surface area contributed by atoms with Crippen molar-refractivity contribution in [1.29, 1.82) is 0 Å². The zero-order valence-electron chi connectivity index (χ0n) is 14.8. The minimum absolute atomic E-state index is 0.0670. The average molecular weight is 385 g/mol. The van der Waals surface area contributed by atoms with Gasteiger partial charge in [-0.05, 0) is 64.8 Å². The van der Waals surface area contributed by atoms with Crippen molar-refractivity contribution in [2.45, 2.75) is 65.1 Å². The summed E-state index contributed by atoms with van der Waals surface area (Å²) in [4.78, 5) is 11.7. The molecule has 23 heavy (non-hydrogen) atoms. The van der Waals surface area contributed by atoms with Crippen LogP contribution in [0.25, 0.3) is 0 Å². The molecule has 5 heteroatoms. The summed E-state index contributed by atoms with van der Waals surface area (Å²) in [6.07, 6.45) is 1.51. The summed E-state index contributed by atoms with van der Waals surface area (Å²) < 4.78 is 6.36. The van der Waals surface area contributed by atoms with Gasteiger partial charge >= 0.3 is 6.09 Å². The van der Waals surface area contributed by atoms with Crippen LogP contribution in [0.2, 0.25) is 0 Å². The number of ether oxygens (including phenoxy) is 1. The Bertz CT molecular complexity index is 500. The summed E-state index contributed by atoms with van der Waals surface area (Å²) >= 11 is 3.51. The molecule has 0 spiro atoms. The summed E-state index contributed by atoms with van der Waals surface area (Å²) in [5, 5.41) is 6.42. The first-order valence-corrected chi connectivity index (χ1v) is 8.99. The second-order valence-electron chi connectivity index (χ2n) is 6.81. The molecule has 0 radical (unpaired) electrons. The van der Waals surface area contributed by atoms with Gasteiger partial charge in [-0.15, -0.1) is 0 Å². The minimum atomic E-state index is -0.462. The normalized spacial score (nSPS) is 14.2. The Morgan fingerprint density at radius 3 is 2.61 bits per heavy atom. The molecule has 1 aromatic rings. The fourth-order valence-corrected chi connectivity index (χ4v) is 2.69. The summed E-state index contributed by atoms with van der Waals surface area (Å²) in [7, 11) is 0. The molecule has 0 saturated carbocycles. The molecule has 0 fully saturated rings. The number of nitrogens with one attached hydrogen (secondary N) is 2. The molecule has 0 saturated heterocycles. The molecule has 1 aromatic carbocycles. The van der Waals surface area contributed by atoms with E-state index in [1.54, 1.807) is 0 Å². The fourth-order valence-electron chi connectivity index (χ4n) is 2.28. The maximum absolute atomic E-state index is 11.7. The van der Waals surface area contributed by atoms with E-state index in [1.807, 2.05) is 33.8 Å². The highest BCUT2D eigenvalue weighted by molar-refractivity contribution is 9.10. The van der Waals surface area contributed by atoms with E-state index in [9.17, 15) is 4.79 Å². The van der Waals surface area contributed by atoms with Crippen LogP contribution in [0.5, 0.6) is 0 Å². The van der Waals surface area contributed by atoms with Gasteiger partial charge in [-0.1, -0.05) is 35.0 Å². The van der Waals surface area contributed by atoms with Gasteiger partial charge in [0.15, 0.2) is 0 Å². The molecule has 2 atom stereocenters. The third kappa shape index (κ3) is 8.37. The average Bonchev–Trinajstić information content (AvgIpc) is 2.41. The van der Waals surface area contributed by atoms with E-state index >= 15 is 0 Å². The minimum Gasteiger partial charge on any atom is -0.444 e. The van der Waals surface area contributed by atoms with Crippen LogP contribution >= 0.6 is 15.9 Å². The maximum atomic E-state index is 11.7. The van der Waals surface area contributed by atoms with Gasteiger partial charge in [0.05, 0.1) is 0 Å². The highest BCUT2D eigenvalue weighted by Gasteiger charge is 2.17. The number of halogens is 1. The monoisotopic (exact) mass is 384 g/mol. The van der Waals surface area contributed by atoms with Crippen LogP contribution in [0.15, 0.2) is 28.7 Å². The quantitative estimate of drug-likeness (QED) is 0.709. The van der Waals surface area contributed by atoms with Crippen LogP contribution in [0.1, 0.15) is 59.1 Å². The van der Waals surface area contributed by atoms with Crippen molar-refractivity contribution >= 4 is 22.0 Å². The van der Waals surface area contributed by atoms with E-state index < -0.39 is 5.60 Å². The van der Waals surface area contributed by atoms with Crippen molar-refractivity contribution in [3.05, 3.63) is 34.3 Å². The number of hydrogen-bond donors (Lipinski definition) is 2. The van der Waals surface area contributed by atoms with Gasteiger partial charge in [0.2, 0.25) is 0 Å². The van der Waals surface area contributed by atoms with Crippen molar-refractivity contribution < 1.29 is 9.53 Å². The molecule has 0 aliphatic carbocycles. The summed E-state index contributed by atoms with van der Waals surface area (Å²) in [5.41, 5.74) is 0.811. The van der Waals surface area contributed by atoms with Crippen LogP contribution in [0.3, 0.4) is 0 Å². The van der Waals surface area contributed by atoms with E-state index in [4.69, 9.17) is 4.74 Å². The van der Waals surface area contributed by atoms with Crippen LogP contribution in [-0.2, 0) is 4.74 Å². The molecule has 2 N–H and O–H groups in total. The van der Waals surface area contributed by atoms with Gasteiger partial charge in [0, 0.05) is 16.6 Å². The predicted molar refractivity (Wildman–Crippen MR) is 98.6 cm³/mol. The van der Waals surface area contributed by atoms with E-state index in [-0.39, 0.29) is 12.1 Å². The first-order chi connectivity index (χ1) is 10.7. The van der Waals surface area contributed by atoms with Crippen LogP contribution in [-0.4, -0.2) is 24.3 Å². The Kier molecular flexibility index (Phi) is 8.06. The van der Waals surface area contributed by atoms with E-state index in [1.165, 1.54) is 5.56 Å². The van der Waals surface area contributed by atoms with Gasteiger partial charge in [-0.25, -0.2) is 4.79 Å². The molecule has 2 unspecified atom stereocenters. The van der Waals surface area contributed by atoms with E-state index in [0.717, 1.165) is 23.9 Å². The number of rotatable bonds is 7. The van der Waals surface area contributed by atoms with Crippen molar-refractivity contribution in [1.82, 2.24) is 10.6 Å². The lowest BCUT2D eigenvalue weighted by atomic mass is 10.0. The van der Waals surface area contributed by atoms with Crippen LogP contribution < -0.4 is 10.6 Å². The molecule has 130 valence electrons. The molecule has 0 aliphatic rings. The number of carbonyl (C=O) groups excluding carboxylic acids is 1. The zero-order valence-corrected chi connectivity index (χ0v) is 16.4. The Morgan fingerprint density at radius 2 is 2.04 bits per heavy atom. The first kappa shape index (κ1) is 20.0. The molecule has 0 heterocycles. The third-order valence-electron chi connectivity index (χ3n) is 3.39. The lowest BCUT2D eigenvalue weighted by molar-refractivity contribution is 0.0506. The van der Waals surface area contributed by atoms with Crippen LogP contribution in [0.4, 0.5) is 4.79 Å².